The molecule has 8 nitrogen and oxygen atoms in total. The zero-order valence-electron chi connectivity index (χ0n) is 12.9. The van der Waals surface area contributed by atoms with E-state index in [2.05, 4.69) is 0 Å². The molecule has 0 aliphatic carbocycles. The Bertz CT molecular complexity index is 355. The molecule has 0 aliphatic rings. The maximum atomic E-state index is 11.5. The number of aliphatic hydroxyl groups is 2. The number of hydrogen-bond donors (Lipinski definition) is 2. The highest BCUT2D eigenvalue weighted by Gasteiger charge is 2.18. The maximum Gasteiger partial charge on any atom is 0.308 e. The van der Waals surface area contributed by atoms with Crippen LogP contribution < -0.4 is 0 Å². The summed E-state index contributed by atoms with van der Waals surface area (Å²) >= 11 is 0. The lowest BCUT2D eigenvalue weighted by Gasteiger charge is -2.17. The Hall–Kier alpha value is -1.67. The van der Waals surface area contributed by atoms with E-state index in [0.29, 0.717) is 19.3 Å². The second-order valence-electron chi connectivity index (χ2n) is 4.79. The van der Waals surface area contributed by atoms with Crippen LogP contribution in [-0.2, 0) is 28.6 Å². The minimum atomic E-state index is -0.878. The van der Waals surface area contributed by atoms with Crippen LogP contribution in [0.5, 0.6) is 0 Å². The molecule has 2 unspecified atom stereocenters. The van der Waals surface area contributed by atoms with Crippen LogP contribution in [0.2, 0.25) is 0 Å². The monoisotopic (exact) mass is 320 g/mol. The molecule has 0 heterocycles. The minimum absolute atomic E-state index is 0.0391. The van der Waals surface area contributed by atoms with Crippen LogP contribution in [0.15, 0.2) is 0 Å². The topological polar surface area (TPSA) is 119 Å². The van der Waals surface area contributed by atoms with Crippen LogP contribution in [0, 0.1) is 0 Å². The molecule has 0 bridgehead atoms. The largest absolute Gasteiger partial charge is 0.462 e. The highest BCUT2D eigenvalue weighted by Crippen LogP contribution is 2.06. The van der Waals surface area contributed by atoms with E-state index in [1.807, 2.05) is 0 Å². The van der Waals surface area contributed by atoms with E-state index in [-0.39, 0.29) is 26.2 Å². The van der Waals surface area contributed by atoms with E-state index in [4.69, 9.17) is 19.3 Å². The molecule has 0 saturated carbocycles. The molecule has 0 fully saturated rings. The summed E-state index contributed by atoms with van der Waals surface area (Å²) in [5.41, 5.74) is 0. The third kappa shape index (κ3) is 12.1. The van der Waals surface area contributed by atoms with E-state index < -0.39 is 30.1 Å². The van der Waals surface area contributed by atoms with Gasteiger partial charge < -0.3 is 24.4 Å². The summed E-state index contributed by atoms with van der Waals surface area (Å²) in [7, 11) is 0. The van der Waals surface area contributed by atoms with Gasteiger partial charge in [-0.2, -0.15) is 0 Å². The Labute approximate surface area is 129 Å². The Kier molecular flexibility index (Phi) is 11.0. The van der Waals surface area contributed by atoms with Crippen molar-refractivity contribution in [2.45, 2.75) is 51.7 Å². The predicted molar refractivity (Wildman–Crippen MR) is 74.7 cm³/mol. The van der Waals surface area contributed by atoms with Crippen molar-refractivity contribution in [1.29, 1.82) is 0 Å². The summed E-state index contributed by atoms with van der Waals surface area (Å²) in [6, 6.07) is 0. The van der Waals surface area contributed by atoms with Crippen molar-refractivity contribution in [2.75, 3.05) is 19.8 Å². The first-order valence-corrected chi connectivity index (χ1v) is 7.10. The SMILES string of the molecule is CC(=O)OCC(COC(=O)CC(O)CCCCO)OC(C)=O. The van der Waals surface area contributed by atoms with Crippen LogP contribution in [0.1, 0.15) is 39.5 Å². The lowest BCUT2D eigenvalue weighted by molar-refractivity contribution is -0.165. The van der Waals surface area contributed by atoms with Gasteiger partial charge in [0.05, 0.1) is 12.5 Å². The van der Waals surface area contributed by atoms with E-state index in [0.717, 1.165) is 0 Å². The molecular weight excluding hydrogens is 296 g/mol. The van der Waals surface area contributed by atoms with Crippen LogP contribution in [-0.4, -0.2) is 60.1 Å². The van der Waals surface area contributed by atoms with Crippen molar-refractivity contribution in [1.82, 2.24) is 0 Å². The van der Waals surface area contributed by atoms with Crippen molar-refractivity contribution in [3.05, 3.63) is 0 Å². The van der Waals surface area contributed by atoms with Gasteiger partial charge in [-0.15, -0.1) is 0 Å². The Balaban J connectivity index is 4.08. The molecule has 8 heteroatoms. The van der Waals surface area contributed by atoms with Gasteiger partial charge in [-0.25, -0.2) is 0 Å². The molecule has 22 heavy (non-hydrogen) atoms. The summed E-state index contributed by atoms with van der Waals surface area (Å²) in [4.78, 5) is 33.2. The Morgan fingerprint density at radius 3 is 2.18 bits per heavy atom. The standard InChI is InChI=1S/C14H24O8/c1-10(16)20-8-13(22-11(2)17)9-21-14(19)7-12(18)5-3-4-6-15/h12-13,15,18H,3-9H2,1-2H3. The van der Waals surface area contributed by atoms with Gasteiger partial charge in [-0.05, 0) is 19.3 Å². The number of carbonyl (C=O) groups excluding carboxylic acids is 3. The molecule has 0 aliphatic heterocycles. The predicted octanol–water partition coefficient (Wildman–Crippen LogP) is -0.0620. The lowest BCUT2D eigenvalue weighted by atomic mass is 10.1. The fraction of sp³-hybridized carbons (Fsp3) is 0.786. The van der Waals surface area contributed by atoms with Gasteiger partial charge in [0.2, 0.25) is 0 Å². The van der Waals surface area contributed by atoms with Crippen molar-refractivity contribution in [2.24, 2.45) is 0 Å². The molecular formula is C14H24O8. The molecule has 2 N–H and O–H groups in total. The zero-order valence-corrected chi connectivity index (χ0v) is 12.9. The van der Waals surface area contributed by atoms with Crippen molar-refractivity contribution >= 4 is 17.9 Å². The second-order valence-corrected chi connectivity index (χ2v) is 4.79. The average molecular weight is 320 g/mol. The zero-order chi connectivity index (χ0) is 17.0. The molecule has 0 aromatic rings. The average Bonchev–Trinajstić information content (AvgIpc) is 2.41. The van der Waals surface area contributed by atoms with Crippen LogP contribution in [0.3, 0.4) is 0 Å². The Morgan fingerprint density at radius 2 is 1.64 bits per heavy atom. The molecule has 2 atom stereocenters. The lowest BCUT2D eigenvalue weighted by Crippen LogP contribution is -2.30. The molecule has 0 aromatic heterocycles. The molecule has 0 spiro atoms. The highest BCUT2D eigenvalue weighted by molar-refractivity contribution is 5.70. The van der Waals surface area contributed by atoms with E-state index in [1.54, 1.807) is 0 Å². The van der Waals surface area contributed by atoms with Crippen molar-refractivity contribution < 1.29 is 38.8 Å². The van der Waals surface area contributed by atoms with Crippen LogP contribution in [0.25, 0.3) is 0 Å². The van der Waals surface area contributed by atoms with Gasteiger partial charge in [0.25, 0.3) is 0 Å². The maximum absolute atomic E-state index is 11.5. The number of aliphatic hydroxyl groups excluding tert-OH is 2. The van der Waals surface area contributed by atoms with E-state index >= 15 is 0 Å². The van der Waals surface area contributed by atoms with Gasteiger partial charge in [-0.1, -0.05) is 0 Å². The number of rotatable bonds is 11. The van der Waals surface area contributed by atoms with Gasteiger partial charge in [0, 0.05) is 20.5 Å². The first-order chi connectivity index (χ1) is 10.3. The number of carbonyl (C=O) groups is 3. The molecule has 0 saturated heterocycles. The molecule has 0 amide bonds. The highest BCUT2D eigenvalue weighted by atomic mass is 16.6. The molecule has 0 rings (SSSR count). The van der Waals surface area contributed by atoms with Gasteiger partial charge >= 0.3 is 17.9 Å². The summed E-state index contributed by atoms with van der Waals surface area (Å²) < 4.78 is 14.5. The smallest absolute Gasteiger partial charge is 0.308 e. The molecule has 128 valence electrons. The van der Waals surface area contributed by atoms with Crippen molar-refractivity contribution in [3.8, 4) is 0 Å². The first kappa shape index (κ1) is 20.3. The summed E-state index contributed by atoms with van der Waals surface area (Å²) in [5, 5.41) is 18.2. The van der Waals surface area contributed by atoms with Crippen molar-refractivity contribution in [3.63, 3.8) is 0 Å². The van der Waals surface area contributed by atoms with E-state index in [1.165, 1.54) is 13.8 Å². The second kappa shape index (κ2) is 11.9. The third-order valence-corrected chi connectivity index (χ3v) is 2.58. The Morgan fingerprint density at radius 1 is 1.00 bits per heavy atom. The normalized spacial score (nSPS) is 13.1. The quantitative estimate of drug-likeness (QED) is 0.309. The third-order valence-electron chi connectivity index (χ3n) is 2.58. The summed E-state index contributed by atoms with van der Waals surface area (Å²) in [5.74, 6) is -1.77. The van der Waals surface area contributed by atoms with Gasteiger partial charge in [0.1, 0.15) is 13.2 Å². The molecule has 0 radical (unpaired) electrons. The molecule has 0 aromatic carbocycles. The van der Waals surface area contributed by atoms with Crippen LogP contribution >= 0.6 is 0 Å². The summed E-state index contributed by atoms with van der Waals surface area (Å²) in [6.45, 7) is 1.97. The number of hydrogen-bond acceptors (Lipinski definition) is 8. The number of ether oxygens (including phenoxy) is 3. The first-order valence-electron chi connectivity index (χ1n) is 7.10. The number of esters is 3. The fourth-order valence-electron chi connectivity index (χ4n) is 1.59. The van der Waals surface area contributed by atoms with Crippen LogP contribution in [0.4, 0.5) is 0 Å². The van der Waals surface area contributed by atoms with Gasteiger partial charge in [0.15, 0.2) is 6.10 Å². The number of unbranched alkanes of at least 4 members (excludes halogenated alkanes) is 1. The summed E-state index contributed by atoms with van der Waals surface area (Å²) in [6.07, 6.45) is -0.366. The minimum Gasteiger partial charge on any atom is -0.462 e. The fourth-order valence-corrected chi connectivity index (χ4v) is 1.59. The van der Waals surface area contributed by atoms with Gasteiger partial charge in [-0.3, -0.25) is 14.4 Å². The van der Waals surface area contributed by atoms with E-state index in [9.17, 15) is 19.5 Å².